The van der Waals surface area contributed by atoms with Crippen molar-refractivity contribution in [2.24, 2.45) is 0 Å². The third kappa shape index (κ3) is 4.65. The molecule has 2 aromatic carbocycles. The Bertz CT molecular complexity index is 762. The van der Waals surface area contributed by atoms with E-state index >= 15 is 0 Å². The van der Waals surface area contributed by atoms with Crippen LogP contribution in [0.4, 0.5) is 5.69 Å². The molecule has 0 bridgehead atoms. The van der Waals surface area contributed by atoms with Gasteiger partial charge in [-0.1, -0.05) is 35.9 Å². The molecule has 0 saturated carbocycles. The predicted octanol–water partition coefficient (Wildman–Crippen LogP) is 5.27. The maximum Gasteiger partial charge on any atom is 0.232 e. The van der Waals surface area contributed by atoms with E-state index in [1.54, 1.807) is 0 Å². The predicted molar refractivity (Wildman–Crippen MR) is 113 cm³/mol. The molecule has 0 unspecified atom stereocenters. The number of piperidine rings is 1. The van der Waals surface area contributed by atoms with Gasteiger partial charge in [0.1, 0.15) is 0 Å². The highest BCUT2D eigenvalue weighted by Crippen LogP contribution is 2.27. The van der Waals surface area contributed by atoms with Crippen molar-refractivity contribution in [3.8, 4) is 0 Å². The molecule has 0 radical (unpaired) electrons. The Balaban J connectivity index is 1.66. The average Bonchev–Trinajstić information content (AvgIpc) is 2.69. The van der Waals surface area contributed by atoms with Crippen molar-refractivity contribution in [2.45, 2.75) is 45.1 Å². The molecule has 0 atom stereocenters. The van der Waals surface area contributed by atoms with Gasteiger partial charge >= 0.3 is 0 Å². The zero-order chi connectivity index (χ0) is 19.4. The third-order valence-corrected chi connectivity index (χ3v) is 5.78. The monoisotopic (exact) mass is 384 g/mol. The molecule has 2 aromatic rings. The fourth-order valence-corrected chi connectivity index (χ4v) is 3.90. The zero-order valence-electron chi connectivity index (χ0n) is 16.5. The van der Waals surface area contributed by atoms with Gasteiger partial charge in [0.25, 0.3) is 0 Å². The molecule has 0 N–H and O–H groups in total. The first kappa shape index (κ1) is 19.8. The van der Waals surface area contributed by atoms with E-state index in [4.69, 9.17) is 11.6 Å². The summed E-state index contributed by atoms with van der Waals surface area (Å²) in [5.74, 6) is 0.102. The van der Waals surface area contributed by atoms with E-state index in [9.17, 15) is 4.79 Å². The molecule has 0 aromatic heterocycles. The summed E-state index contributed by atoms with van der Waals surface area (Å²) >= 11 is 5.98. The number of amides is 1. The van der Waals surface area contributed by atoms with Crippen LogP contribution in [0, 0.1) is 0 Å². The summed E-state index contributed by atoms with van der Waals surface area (Å²) in [4.78, 5) is 17.3. The van der Waals surface area contributed by atoms with Crippen molar-refractivity contribution in [3.05, 3.63) is 64.7 Å². The van der Waals surface area contributed by atoms with E-state index in [2.05, 4.69) is 29.2 Å². The molecule has 0 spiro atoms. The first-order chi connectivity index (χ1) is 12.9. The number of hydrogen-bond acceptors (Lipinski definition) is 2. The molecule has 1 fully saturated rings. The van der Waals surface area contributed by atoms with Gasteiger partial charge < -0.3 is 9.80 Å². The lowest BCUT2D eigenvalue weighted by Gasteiger charge is -2.31. The third-order valence-electron chi connectivity index (χ3n) is 5.52. The summed E-state index contributed by atoms with van der Waals surface area (Å²) < 4.78 is 0. The maximum absolute atomic E-state index is 13.1. The van der Waals surface area contributed by atoms with Crippen molar-refractivity contribution in [1.82, 2.24) is 4.90 Å². The molecule has 1 aliphatic heterocycles. The number of rotatable bonds is 5. The average molecular weight is 385 g/mol. The number of carbonyl (C=O) groups excluding carboxylic acids is 1. The minimum Gasteiger partial charge on any atom is -0.372 e. The van der Waals surface area contributed by atoms with Crippen LogP contribution in [0.3, 0.4) is 0 Å². The van der Waals surface area contributed by atoms with Gasteiger partial charge in [-0.15, -0.1) is 0 Å². The number of anilines is 1. The summed E-state index contributed by atoms with van der Waals surface area (Å²) in [6.07, 6.45) is 3.89. The molecule has 1 heterocycles. The van der Waals surface area contributed by atoms with Gasteiger partial charge in [0, 0.05) is 37.4 Å². The van der Waals surface area contributed by atoms with Crippen LogP contribution in [-0.2, 0) is 16.8 Å². The summed E-state index contributed by atoms with van der Waals surface area (Å²) in [6, 6.07) is 16.2. The highest BCUT2D eigenvalue weighted by atomic mass is 35.5. The fourth-order valence-electron chi connectivity index (χ4n) is 3.78. The number of carbonyl (C=O) groups is 1. The van der Waals surface area contributed by atoms with E-state index in [-0.39, 0.29) is 5.91 Å². The fraction of sp³-hybridized carbons (Fsp3) is 0.435. The number of nitrogens with zero attached hydrogens (tertiary/aromatic N) is 2. The maximum atomic E-state index is 13.1. The van der Waals surface area contributed by atoms with Crippen molar-refractivity contribution in [3.63, 3.8) is 0 Å². The number of benzene rings is 2. The van der Waals surface area contributed by atoms with Crippen LogP contribution in [0.2, 0.25) is 5.02 Å². The first-order valence-electron chi connectivity index (χ1n) is 9.73. The molecule has 4 heteroatoms. The van der Waals surface area contributed by atoms with Crippen molar-refractivity contribution < 1.29 is 4.79 Å². The lowest BCUT2D eigenvalue weighted by atomic mass is 9.83. The smallest absolute Gasteiger partial charge is 0.232 e. The Morgan fingerprint density at radius 3 is 2.19 bits per heavy atom. The minimum absolute atomic E-state index is 0.102. The molecular formula is C23H29ClN2O. The van der Waals surface area contributed by atoms with Gasteiger partial charge in [0.15, 0.2) is 0 Å². The standard InChI is InChI=1S/C23H29ClN2O/c1-23(2,19-9-11-20(24)12-10-19)22(27)25(3)17-18-7-13-21(14-8-18)26-15-5-4-6-16-26/h7-14H,4-6,15-17H2,1-3H3. The SMILES string of the molecule is CN(Cc1ccc(N2CCCCC2)cc1)C(=O)C(C)(C)c1ccc(Cl)cc1. The molecule has 27 heavy (non-hydrogen) atoms. The molecule has 3 nitrogen and oxygen atoms in total. The molecule has 1 aliphatic rings. The van der Waals surface area contributed by atoms with E-state index in [0.717, 1.165) is 24.2 Å². The van der Waals surface area contributed by atoms with Crippen LogP contribution >= 0.6 is 11.6 Å². The summed E-state index contributed by atoms with van der Waals surface area (Å²) in [5.41, 5.74) is 2.82. The second-order valence-corrected chi connectivity index (χ2v) is 8.44. The quantitative estimate of drug-likeness (QED) is 0.701. The van der Waals surface area contributed by atoms with Crippen LogP contribution < -0.4 is 4.90 Å². The largest absolute Gasteiger partial charge is 0.372 e. The van der Waals surface area contributed by atoms with Crippen molar-refractivity contribution in [2.75, 3.05) is 25.0 Å². The lowest BCUT2D eigenvalue weighted by Crippen LogP contribution is -2.41. The molecule has 1 saturated heterocycles. The van der Waals surface area contributed by atoms with Gasteiger partial charge in [-0.2, -0.15) is 0 Å². The highest BCUT2D eigenvalue weighted by Gasteiger charge is 2.32. The Morgan fingerprint density at radius 2 is 1.59 bits per heavy atom. The zero-order valence-corrected chi connectivity index (χ0v) is 17.3. The molecule has 144 valence electrons. The van der Waals surface area contributed by atoms with E-state index in [1.807, 2.05) is 50.1 Å². The lowest BCUT2D eigenvalue weighted by molar-refractivity contribution is -0.135. The second-order valence-electron chi connectivity index (χ2n) is 8.01. The van der Waals surface area contributed by atoms with Gasteiger partial charge in [0.2, 0.25) is 5.91 Å². The molecule has 0 aliphatic carbocycles. The topological polar surface area (TPSA) is 23.6 Å². The van der Waals surface area contributed by atoms with Crippen LogP contribution in [0.15, 0.2) is 48.5 Å². The number of halogens is 1. The van der Waals surface area contributed by atoms with Gasteiger partial charge in [-0.25, -0.2) is 0 Å². The minimum atomic E-state index is -0.590. The Labute approximate surface area is 167 Å². The Morgan fingerprint density at radius 1 is 1.00 bits per heavy atom. The summed E-state index contributed by atoms with van der Waals surface area (Å²) in [5, 5.41) is 0.684. The summed E-state index contributed by atoms with van der Waals surface area (Å²) in [6.45, 7) is 6.83. The van der Waals surface area contributed by atoms with Crippen LogP contribution in [0.1, 0.15) is 44.2 Å². The van der Waals surface area contributed by atoms with Gasteiger partial charge in [-0.3, -0.25) is 4.79 Å². The van der Waals surface area contributed by atoms with E-state index in [0.29, 0.717) is 11.6 Å². The normalized spacial score (nSPS) is 14.9. The highest BCUT2D eigenvalue weighted by molar-refractivity contribution is 6.30. The molecular weight excluding hydrogens is 356 g/mol. The molecule has 3 rings (SSSR count). The second kappa shape index (κ2) is 8.35. The number of hydrogen-bond donors (Lipinski definition) is 0. The Hall–Kier alpha value is -2.00. The van der Waals surface area contributed by atoms with E-state index in [1.165, 1.54) is 24.9 Å². The van der Waals surface area contributed by atoms with Gasteiger partial charge in [-0.05, 0) is 68.5 Å². The van der Waals surface area contributed by atoms with Crippen LogP contribution in [0.5, 0.6) is 0 Å². The van der Waals surface area contributed by atoms with Crippen LogP contribution in [0.25, 0.3) is 0 Å². The van der Waals surface area contributed by atoms with Crippen LogP contribution in [-0.4, -0.2) is 30.9 Å². The molecule has 1 amide bonds. The first-order valence-corrected chi connectivity index (χ1v) is 10.1. The van der Waals surface area contributed by atoms with Crippen molar-refractivity contribution in [1.29, 1.82) is 0 Å². The van der Waals surface area contributed by atoms with Crippen molar-refractivity contribution >= 4 is 23.2 Å². The summed E-state index contributed by atoms with van der Waals surface area (Å²) in [7, 11) is 1.87. The van der Waals surface area contributed by atoms with Gasteiger partial charge in [0.05, 0.1) is 5.41 Å². The van der Waals surface area contributed by atoms with E-state index < -0.39 is 5.41 Å². The Kier molecular flexibility index (Phi) is 6.11. The number of likely N-dealkylation sites (N-methyl/N-ethyl adjacent to an activating group) is 1.